The Labute approximate surface area is 157 Å². The minimum atomic E-state index is -0.593. The van der Waals surface area contributed by atoms with Gasteiger partial charge in [-0.05, 0) is 18.6 Å². The average Bonchev–Trinajstić information content (AvgIpc) is 2.67. The van der Waals surface area contributed by atoms with Gasteiger partial charge < -0.3 is 20.3 Å². The second-order valence-electron chi connectivity index (χ2n) is 6.01. The highest BCUT2D eigenvalue weighted by molar-refractivity contribution is 6.29. The number of hydrogen-bond donors (Lipinski definition) is 2. The highest BCUT2D eigenvalue weighted by atomic mass is 35.5. The van der Waals surface area contributed by atoms with Gasteiger partial charge in [0.15, 0.2) is 6.10 Å². The Kier molecular flexibility index (Phi) is 5.90. The summed E-state index contributed by atoms with van der Waals surface area (Å²) < 4.78 is 5.81. The van der Waals surface area contributed by atoms with Crippen LogP contribution in [0, 0.1) is 0 Å². The molecule has 1 aliphatic heterocycles. The average molecular weight is 376 g/mol. The highest BCUT2D eigenvalue weighted by Gasteiger charge is 2.33. The lowest BCUT2D eigenvalue weighted by Crippen LogP contribution is -2.53. The van der Waals surface area contributed by atoms with E-state index in [1.165, 1.54) is 0 Å². The molecule has 1 aliphatic rings. The first-order valence-corrected chi connectivity index (χ1v) is 8.95. The Morgan fingerprint density at radius 3 is 2.81 bits per heavy atom. The third-order valence-electron chi connectivity index (χ3n) is 4.30. The van der Waals surface area contributed by atoms with E-state index in [0.717, 1.165) is 12.1 Å². The number of nitrogens with zero attached hydrogens (tertiary/aromatic N) is 3. The minimum absolute atomic E-state index is 0.117. The summed E-state index contributed by atoms with van der Waals surface area (Å²) in [6.07, 6.45) is 0.272. The fourth-order valence-corrected chi connectivity index (χ4v) is 3.06. The topological polar surface area (TPSA) is 79.4 Å². The largest absolute Gasteiger partial charge is 0.364 e. The zero-order valence-electron chi connectivity index (χ0n) is 14.8. The standard InChI is InChI=1S/C18H22ClN5O2/c1-3-13-11-26-14(17(25)21-12-7-5-4-6-8-12)10-24(13)16-9-15(19)22-18(20-2)23-16/h4-9,13-14H,3,10-11H2,1-2H3,(H,21,25)(H,20,22,23)/t13-,14+/m1/s1. The van der Waals surface area contributed by atoms with Crippen molar-refractivity contribution in [2.75, 3.05) is 35.7 Å². The van der Waals surface area contributed by atoms with Crippen LogP contribution < -0.4 is 15.5 Å². The molecule has 8 heteroatoms. The van der Waals surface area contributed by atoms with E-state index in [2.05, 4.69) is 32.4 Å². The molecule has 2 aromatic rings. The van der Waals surface area contributed by atoms with Crippen LogP contribution in [-0.2, 0) is 9.53 Å². The highest BCUT2D eigenvalue weighted by Crippen LogP contribution is 2.25. The molecule has 0 radical (unpaired) electrons. The Hall–Kier alpha value is -2.38. The Balaban J connectivity index is 1.78. The van der Waals surface area contributed by atoms with Gasteiger partial charge in [0.1, 0.15) is 11.0 Å². The number of carbonyl (C=O) groups excluding carboxylic acids is 1. The van der Waals surface area contributed by atoms with Gasteiger partial charge in [-0.2, -0.15) is 4.98 Å². The lowest BCUT2D eigenvalue weighted by atomic mass is 10.1. The summed E-state index contributed by atoms with van der Waals surface area (Å²) >= 11 is 6.12. The van der Waals surface area contributed by atoms with E-state index in [-0.39, 0.29) is 11.9 Å². The summed E-state index contributed by atoms with van der Waals surface area (Å²) in [5, 5.41) is 6.14. The zero-order valence-corrected chi connectivity index (χ0v) is 15.5. The molecule has 0 unspecified atom stereocenters. The van der Waals surface area contributed by atoms with Gasteiger partial charge in [0.2, 0.25) is 5.95 Å². The van der Waals surface area contributed by atoms with Crippen LogP contribution >= 0.6 is 11.6 Å². The molecule has 1 aromatic carbocycles. The number of carbonyl (C=O) groups is 1. The van der Waals surface area contributed by atoms with Crippen LogP contribution in [0.4, 0.5) is 17.5 Å². The van der Waals surface area contributed by atoms with Crippen molar-refractivity contribution in [3.8, 4) is 0 Å². The van der Waals surface area contributed by atoms with Gasteiger partial charge in [-0.1, -0.05) is 36.7 Å². The van der Waals surface area contributed by atoms with Crippen LogP contribution in [0.5, 0.6) is 0 Å². The van der Waals surface area contributed by atoms with Gasteiger partial charge in [0.25, 0.3) is 5.91 Å². The molecular weight excluding hydrogens is 354 g/mol. The van der Waals surface area contributed by atoms with Crippen molar-refractivity contribution < 1.29 is 9.53 Å². The number of benzene rings is 1. The third kappa shape index (κ3) is 4.23. The number of nitrogens with one attached hydrogen (secondary N) is 2. The van der Waals surface area contributed by atoms with E-state index in [1.54, 1.807) is 13.1 Å². The maximum absolute atomic E-state index is 12.6. The molecule has 2 N–H and O–H groups in total. The molecule has 1 aromatic heterocycles. The number of halogens is 1. The Bertz CT molecular complexity index is 759. The Morgan fingerprint density at radius 1 is 1.35 bits per heavy atom. The van der Waals surface area contributed by atoms with E-state index < -0.39 is 6.10 Å². The molecule has 7 nitrogen and oxygen atoms in total. The molecule has 1 fully saturated rings. The van der Waals surface area contributed by atoms with Crippen molar-refractivity contribution in [3.63, 3.8) is 0 Å². The van der Waals surface area contributed by atoms with Gasteiger partial charge in [-0.15, -0.1) is 0 Å². The summed E-state index contributed by atoms with van der Waals surface area (Å²) in [5.74, 6) is 0.950. The van der Waals surface area contributed by atoms with Crippen LogP contribution in [0.2, 0.25) is 5.15 Å². The summed E-state index contributed by atoms with van der Waals surface area (Å²) in [4.78, 5) is 23.3. The first-order valence-electron chi connectivity index (χ1n) is 8.57. The smallest absolute Gasteiger partial charge is 0.255 e. The Morgan fingerprint density at radius 2 is 2.12 bits per heavy atom. The molecule has 0 bridgehead atoms. The lowest BCUT2D eigenvalue weighted by Gasteiger charge is -2.39. The SMILES string of the molecule is CC[C@@H]1CO[C@H](C(=O)Nc2ccccc2)CN1c1cc(Cl)nc(NC)n1. The molecule has 1 amide bonds. The number of para-hydroxylation sites is 1. The number of rotatable bonds is 5. The summed E-state index contributed by atoms with van der Waals surface area (Å²) in [5.41, 5.74) is 0.743. The molecule has 138 valence electrons. The summed E-state index contributed by atoms with van der Waals surface area (Å²) in [6.45, 7) is 2.92. The van der Waals surface area contributed by atoms with E-state index in [4.69, 9.17) is 16.3 Å². The van der Waals surface area contributed by atoms with E-state index in [0.29, 0.717) is 30.1 Å². The second kappa shape index (κ2) is 8.33. The molecule has 1 saturated heterocycles. The molecule has 2 atom stereocenters. The minimum Gasteiger partial charge on any atom is -0.364 e. The van der Waals surface area contributed by atoms with Crippen molar-refractivity contribution in [1.82, 2.24) is 9.97 Å². The van der Waals surface area contributed by atoms with E-state index >= 15 is 0 Å². The summed E-state index contributed by atoms with van der Waals surface area (Å²) in [7, 11) is 1.74. The van der Waals surface area contributed by atoms with Crippen molar-refractivity contribution in [2.24, 2.45) is 0 Å². The van der Waals surface area contributed by atoms with Gasteiger partial charge in [0, 0.05) is 18.8 Å². The van der Waals surface area contributed by atoms with E-state index in [9.17, 15) is 4.79 Å². The summed E-state index contributed by atoms with van der Waals surface area (Å²) in [6, 6.07) is 11.2. The molecule has 2 heterocycles. The van der Waals surface area contributed by atoms with Crippen molar-refractivity contribution in [1.29, 1.82) is 0 Å². The van der Waals surface area contributed by atoms with Crippen LogP contribution in [0.1, 0.15) is 13.3 Å². The van der Waals surface area contributed by atoms with E-state index in [1.807, 2.05) is 30.3 Å². The van der Waals surface area contributed by atoms with Gasteiger partial charge in [-0.25, -0.2) is 4.98 Å². The maximum Gasteiger partial charge on any atom is 0.255 e. The molecule has 0 spiro atoms. The normalized spacial score (nSPS) is 19.9. The number of morpholine rings is 1. The fourth-order valence-electron chi connectivity index (χ4n) is 2.88. The van der Waals surface area contributed by atoms with Crippen molar-refractivity contribution in [2.45, 2.75) is 25.5 Å². The molecular formula is C18H22ClN5O2. The van der Waals surface area contributed by atoms with Crippen molar-refractivity contribution >= 4 is 35.0 Å². The number of hydrogen-bond acceptors (Lipinski definition) is 6. The number of aromatic nitrogens is 2. The number of amides is 1. The molecule has 0 aliphatic carbocycles. The van der Waals surface area contributed by atoms with Gasteiger partial charge >= 0.3 is 0 Å². The quantitative estimate of drug-likeness (QED) is 0.782. The predicted molar refractivity (Wildman–Crippen MR) is 103 cm³/mol. The van der Waals surface area contributed by atoms with Gasteiger partial charge in [-0.3, -0.25) is 4.79 Å². The van der Waals surface area contributed by atoms with Crippen LogP contribution in [-0.4, -0.2) is 48.2 Å². The van der Waals surface area contributed by atoms with Crippen LogP contribution in [0.3, 0.4) is 0 Å². The number of ether oxygens (including phenoxy) is 1. The zero-order chi connectivity index (χ0) is 18.5. The predicted octanol–water partition coefficient (Wildman–Crippen LogP) is 2.79. The lowest BCUT2D eigenvalue weighted by molar-refractivity contribution is -0.129. The third-order valence-corrected chi connectivity index (χ3v) is 4.49. The van der Waals surface area contributed by atoms with Crippen LogP contribution in [0.15, 0.2) is 36.4 Å². The van der Waals surface area contributed by atoms with Crippen molar-refractivity contribution in [3.05, 3.63) is 41.6 Å². The maximum atomic E-state index is 12.6. The molecule has 26 heavy (non-hydrogen) atoms. The fraction of sp³-hybridized carbons (Fsp3) is 0.389. The first kappa shape index (κ1) is 18.4. The molecule has 3 rings (SSSR count). The first-order chi connectivity index (χ1) is 12.6. The van der Waals surface area contributed by atoms with Crippen LogP contribution in [0.25, 0.3) is 0 Å². The second-order valence-corrected chi connectivity index (χ2v) is 6.40. The van der Waals surface area contributed by atoms with Gasteiger partial charge in [0.05, 0.1) is 19.2 Å². The molecule has 0 saturated carbocycles. The monoisotopic (exact) mass is 375 g/mol. The number of anilines is 3.